The van der Waals surface area contributed by atoms with Crippen molar-refractivity contribution in [2.75, 3.05) is 25.0 Å². The van der Waals surface area contributed by atoms with E-state index in [0.717, 1.165) is 17.8 Å². The van der Waals surface area contributed by atoms with E-state index in [4.69, 9.17) is 0 Å². The predicted octanol–water partition coefficient (Wildman–Crippen LogP) is 1.61. The molecular formula is C12H16N2O2. The molecule has 1 N–H and O–H groups in total. The van der Waals surface area contributed by atoms with Crippen LogP contribution in [-0.2, 0) is 0 Å². The number of aliphatic hydroxyl groups is 1. The van der Waals surface area contributed by atoms with Gasteiger partial charge in [-0.25, -0.2) is 4.79 Å². The molecule has 0 aromatic heterocycles. The quantitative estimate of drug-likeness (QED) is 0.823. The number of aliphatic hydroxyl groups excluding tert-OH is 1. The Morgan fingerprint density at radius 1 is 1.38 bits per heavy atom. The lowest BCUT2D eigenvalue weighted by molar-refractivity contribution is 0.199. The summed E-state index contributed by atoms with van der Waals surface area (Å²) >= 11 is 0. The van der Waals surface area contributed by atoms with Crippen LogP contribution in [0.5, 0.6) is 0 Å². The van der Waals surface area contributed by atoms with Crippen molar-refractivity contribution in [1.82, 2.24) is 4.90 Å². The molecule has 16 heavy (non-hydrogen) atoms. The number of likely N-dealkylation sites (N-methyl/N-ethyl adjacent to an activating group) is 1. The molecule has 0 aliphatic carbocycles. The van der Waals surface area contributed by atoms with E-state index in [9.17, 15) is 9.90 Å². The van der Waals surface area contributed by atoms with Gasteiger partial charge in [0, 0.05) is 25.8 Å². The van der Waals surface area contributed by atoms with Crippen LogP contribution in [0.25, 0.3) is 0 Å². The second-order valence-corrected chi connectivity index (χ2v) is 4.13. The van der Waals surface area contributed by atoms with Crippen LogP contribution in [0, 0.1) is 0 Å². The summed E-state index contributed by atoms with van der Waals surface area (Å²) in [5, 5.41) is 9.49. The number of anilines is 1. The molecular weight excluding hydrogens is 204 g/mol. The molecule has 0 saturated carbocycles. The van der Waals surface area contributed by atoms with Crippen molar-refractivity contribution >= 4 is 11.7 Å². The minimum Gasteiger partial charge on any atom is -0.389 e. The molecule has 1 aromatic carbocycles. The fourth-order valence-electron chi connectivity index (χ4n) is 1.84. The van der Waals surface area contributed by atoms with Crippen molar-refractivity contribution < 1.29 is 9.90 Å². The third-order valence-corrected chi connectivity index (χ3v) is 2.88. The van der Waals surface area contributed by atoms with Crippen molar-refractivity contribution in [3.63, 3.8) is 0 Å². The predicted molar refractivity (Wildman–Crippen MR) is 62.4 cm³/mol. The van der Waals surface area contributed by atoms with Crippen LogP contribution in [-0.4, -0.2) is 36.2 Å². The molecule has 1 aromatic rings. The Balaban J connectivity index is 2.27. The Hall–Kier alpha value is -1.55. The number of benzene rings is 1. The van der Waals surface area contributed by atoms with Gasteiger partial charge < -0.3 is 10.0 Å². The number of urea groups is 1. The normalized spacial score (nSPS) is 18.1. The second-order valence-electron chi connectivity index (χ2n) is 4.13. The Labute approximate surface area is 95.1 Å². The van der Waals surface area contributed by atoms with E-state index in [1.54, 1.807) is 23.8 Å². The lowest BCUT2D eigenvalue weighted by Crippen LogP contribution is -2.29. The maximum absolute atomic E-state index is 11.8. The average molecular weight is 220 g/mol. The lowest BCUT2D eigenvalue weighted by Gasteiger charge is -2.17. The first-order chi connectivity index (χ1) is 7.59. The van der Waals surface area contributed by atoms with Gasteiger partial charge in [0.1, 0.15) is 0 Å². The number of nitrogens with zero attached hydrogens (tertiary/aromatic N) is 2. The zero-order chi connectivity index (χ0) is 11.7. The molecule has 1 heterocycles. The summed E-state index contributed by atoms with van der Waals surface area (Å²) < 4.78 is 0. The van der Waals surface area contributed by atoms with Crippen LogP contribution in [0.15, 0.2) is 24.3 Å². The Kier molecular flexibility index (Phi) is 2.83. The first-order valence-electron chi connectivity index (χ1n) is 5.40. The number of carbonyl (C=O) groups is 1. The van der Waals surface area contributed by atoms with Gasteiger partial charge in [-0.1, -0.05) is 12.1 Å². The molecule has 0 spiro atoms. The van der Waals surface area contributed by atoms with Crippen molar-refractivity contribution in [2.45, 2.75) is 13.0 Å². The van der Waals surface area contributed by atoms with Gasteiger partial charge in [-0.05, 0) is 24.6 Å². The first-order valence-corrected chi connectivity index (χ1v) is 5.40. The molecule has 2 amide bonds. The van der Waals surface area contributed by atoms with Gasteiger partial charge in [0.2, 0.25) is 0 Å². The van der Waals surface area contributed by atoms with E-state index in [-0.39, 0.29) is 6.03 Å². The van der Waals surface area contributed by atoms with Crippen molar-refractivity contribution in [3.05, 3.63) is 29.8 Å². The molecule has 1 unspecified atom stereocenters. The Morgan fingerprint density at radius 3 is 2.69 bits per heavy atom. The summed E-state index contributed by atoms with van der Waals surface area (Å²) in [6.45, 7) is 3.17. The van der Waals surface area contributed by atoms with Crippen molar-refractivity contribution in [2.24, 2.45) is 0 Å². The first kappa shape index (κ1) is 11.0. The van der Waals surface area contributed by atoms with Gasteiger partial charge in [0.15, 0.2) is 0 Å². The lowest BCUT2D eigenvalue weighted by atomic mass is 10.1. The van der Waals surface area contributed by atoms with E-state index in [1.807, 2.05) is 24.3 Å². The maximum atomic E-state index is 11.8. The van der Waals surface area contributed by atoms with E-state index < -0.39 is 6.10 Å². The molecule has 1 aliphatic rings. The minimum absolute atomic E-state index is 0.0164. The van der Waals surface area contributed by atoms with Crippen LogP contribution in [0.4, 0.5) is 10.5 Å². The van der Waals surface area contributed by atoms with Crippen LogP contribution < -0.4 is 4.90 Å². The van der Waals surface area contributed by atoms with E-state index in [0.29, 0.717) is 6.54 Å². The van der Waals surface area contributed by atoms with Gasteiger partial charge in [0.25, 0.3) is 0 Å². The molecule has 4 heteroatoms. The summed E-state index contributed by atoms with van der Waals surface area (Å²) in [6.07, 6.45) is -0.504. The van der Waals surface area contributed by atoms with Gasteiger partial charge in [-0.15, -0.1) is 0 Å². The second kappa shape index (κ2) is 4.14. The van der Waals surface area contributed by atoms with Crippen LogP contribution in [0.2, 0.25) is 0 Å². The standard InChI is InChI=1S/C12H16N2O2/c1-9(15)10-4-3-5-11(8-10)14-7-6-13(2)12(14)16/h3-5,8-9,15H,6-7H2,1-2H3. The molecule has 0 bridgehead atoms. The zero-order valence-corrected chi connectivity index (χ0v) is 9.55. The highest BCUT2D eigenvalue weighted by Crippen LogP contribution is 2.23. The molecule has 0 radical (unpaired) electrons. The Morgan fingerprint density at radius 2 is 2.12 bits per heavy atom. The highest BCUT2D eigenvalue weighted by molar-refractivity contribution is 5.93. The number of hydrogen-bond donors (Lipinski definition) is 1. The summed E-state index contributed by atoms with van der Waals surface area (Å²) in [5.74, 6) is 0. The van der Waals surface area contributed by atoms with Gasteiger partial charge in [-0.2, -0.15) is 0 Å². The van der Waals surface area contributed by atoms with Crippen LogP contribution in [0.1, 0.15) is 18.6 Å². The Bertz CT molecular complexity index is 404. The fraction of sp³-hybridized carbons (Fsp3) is 0.417. The van der Waals surface area contributed by atoms with Gasteiger partial charge >= 0.3 is 6.03 Å². The van der Waals surface area contributed by atoms with E-state index in [2.05, 4.69) is 0 Å². The van der Waals surface area contributed by atoms with Crippen molar-refractivity contribution in [1.29, 1.82) is 0 Å². The van der Waals surface area contributed by atoms with E-state index in [1.165, 1.54) is 0 Å². The average Bonchev–Trinajstić information content (AvgIpc) is 2.60. The third kappa shape index (κ3) is 1.88. The smallest absolute Gasteiger partial charge is 0.324 e. The molecule has 1 atom stereocenters. The fourth-order valence-corrected chi connectivity index (χ4v) is 1.84. The SMILES string of the molecule is CC(O)c1cccc(N2CCN(C)C2=O)c1. The van der Waals surface area contributed by atoms with Gasteiger partial charge in [0.05, 0.1) is 6.10 Å². The number of rotatable bonds is 2. The number of amides is 2. The zero-order valence-electron chi connectivity index (χ0n) is 9.55. The van der Waals surface area contributed by atoms with E-state index >= 15 is 0 Å². The van der Waals surface area contributed by atoms with Crippen molar-refractivity contribution in [3.8, 4) is 0 Å². The topological polar surface area (TPSA) is 43.8 Å². The number of carbonyl (C=O) groups excluding carboxylic acids is 1. The summed E-state index contributed by atoms with van der Waals surface area (Å²) in [4.78, 5) is 15.2. The highest BCUT2D eigenvalue weighted by atomic mass is 16.3. The molecule has 1 saturated heterocycles. The molecule has 1 fully saturated rings. The molecule has 4 nitrogen and oxygen atoms in total. The highest BCUT2D eigenvalue weighted by Gasteiger charge is 2.26. The molecule has 1 aliphatic heterocycles. The summed E-state index contributed by atoms with van der Waals surface area (Å²) in [5.41, 5.74) is 1.69. The van der Waals surface area contributed by atoms with Crippen LogP contribution >= 0.6 is 0 Å². The summed E-state index contributed by atoms with van der Waals surface area (Å²) in [7, 11) is 1.79. The minimum atomic E-state index is -0.504. The molecule has 86 valence electrons. The largest absolute Gasteiger partial charge is 0.389 e. The monoisotopic (exact) mass is 220 g/mol. The summed E-state index contributed by atoms with van der Waals surface area (Å²) in [6, 6.07) is 7.49. The number of hydrogen-bond acceptors (Lipinski definition) is 2. The maximum Gasteiger partial charge on any atom is 0.324 e. The van der Waals surface area contributed by atoms with Gasteiger partial charge in [-0.3, -0.25) is 4.90 Å². The molecule has 2 rings (SSSR count). The third-order valence-electron chi connectivity index (χ3n) is 2.88. The van der Waals surface area contributed by atoms with Crippen LogP contribution in [0.3, 0.4) is 0 Å².